The van der Waals surface area contributed by atoms with Gasteiger partial charge in [-0.3, -0.25) is 19.2 Å². The van der Waals surface area contributed by atoms with Gasteiger partial charge in [0.15, 0.2) is 5.78 Å². The molecule has 1 heterocycles. The molecule has 0 radical (unpaired) electrons. The van der Waals surface area contributed by atoms with Crippen molar-refractivity contribution in [1.82, 2.24) is 9.80 Å². The van der Waals surface area contributed by atoms with E-state index in [9.17, 15) is 4.79 Å². The lowest BCUT2D eigenvalue weighted by Gasteiger charge is -2.30. The van der Waals surface area contributed by atoms with Crippen LogP contribution in [0.4, 0.5) is 0 Å². The first-order chi connectivity index (χ1) is 6.52. The van der Waals surface area contributed by atoms with Crippen molar-refractivity contribution in [3.63, 3.8) is 0 Å². The summed E-state index contributed by atoms with van der Waals surface area (Å²) in [5.74, 6) is 1.37. The van der Waals surface area contributed by atoms with Gasteiger partial charge in [0.1, 0.15) is 6.54 Å². The number of rotatable bonds is 2. The molecule has 0 amide bonds. The Labute approximate surface area is 85.8 Å². The average molecular weight is 198 g/mol. The number of Topliss-reactive ketones (excluding diaryl/α,β-unsaturated/α-hetero) is 1. The summed E-state index contributed by atoms with van der Waals surface area (Å²) in [5, 5.41) is 0. The van der Waals surface area contributed by atoms with E-state index in [1.807, 2.05) is 14.1 Å². The number of ketones is 1. The van der Waals surface area contributed by atoms with Crippen molar-refractivity contribution in [3.8, 4) is 0 Å². The molecule has 80 valence electrons. The van der Waals surface area contributed by atoms with Gasteiger partial charge in [0.2, 0.25) is 0 Å². The van der Waals surface area contributed by atoms with E-state index in [-0.39, 0.29) is 5.78 Å². The van der Waals surface area contributed by atoms with Crippen LogP contribution in [0.15, 0.2) is 0 Å². The van der Waals surface area contributed by atoms with Crippen molar-refractivity contribution in [2.75, 3.05) is 40.8 Å². The first-order valence-corrected chi connectivity index (χ1v) is 5.02. The Kier molecular flexibility index (Phi) is 3.49. The molecule has 4 heteroatoms. The van der Waals surface area contributed by atoms with Gasteiger partial charge >= 0.3 is 5.96 Å². The lowest BCUT2D eigenvalue weighted by atomic mass is 10.2. The van der Waals surface area contributed by atoms with E-state index in [1.165, 1.54) is 0 Å². The van der Waals surface area contributed by atoms with Gasteiger partial charge in [-0.2, -0.15) is 0 Å². The zero-order valence-electron chi connectivity index (χ0n) is 9.58. The minimum atomic E-state index is 0.222. The van der Waals surface area contributed by atoms with E-state index in [2.05, 4.69) is 21.4 Å². The Hall–Kier alpha value is -1.06. The van der Waals surface area contributed by atoms with E-state index in [0.717, 1.165) is 25.5 Å². The Balaban J connectivity index is 2.81. The van der Waals surface area contributed by atoms with Crippen molar-refractivity contribution >= 4 is 11.7 Å². The number of hydrogen-bond acceptors (Lipinski definition) is 1. The molecular weight excluding hydrogens is 178 g/mol. The van der Waals surface area contributed by atoms with Crippen LogP contribution in [-0.2, 0) is 4.79 Å². The van der Waals surface area contributed by atoms with Gasteiger partial charge in [-0.25, -0.2) is 0 Å². The number of carbonyl (C=O) groups is 1. The summed E-state index contributed by atoms with van der Waals surface area (Å²) in [6.45, 7) is 4.22. The molecule has 4 nitrogen and oxygen atoms in total. The van der Waals surface area contributed by atoms with Gasteiger partial charge in [0.25, 0.3) is 0 Å². The molecule has 0 N–H and O–H groups in total. The molecule has 0 aliphatic carbocycles. The predicted octanol–water partition coefficient (Wildman–Crippen LogP) is -0.159. The number of hydrogen-bond donors (Lipinski definition) is 0. The zero-order chi connectivity index (χ0) is 10.7. The summed E-state index contributed by atoms with van der Waals surface area (Å²) in [6.07, 6.45) is 1.13. The predicted molar refractivity (Wildman–Crippen MR) is 56.6 cm³/mol. The normalized spacial score (nSPS) is 17.3. The molecule has 0 aromatic carbocycles. The molecule has 0 atom stereocenters. The molecule has 0 unspecified atom stereocenters. The van der Waals surface area contributed by atoms with Crippen molar-refractivity contribution in [2.24, 2.45) is 0 Å². The monoisotopic (exact) mass is 198 g/mol. The fraction of sp³-hybridized carbons (Fsp3) is 0.800. The topological polar surface area (TPSA) is 26.6 Å². The molecule has 1 aliphatic rings. The molecule has 0 spiro atoms. The van der Waals surface area contributed by atoms with E-state index in [0.29, 0.717) is 6.54 Å². The largest absolute Gasteiger partial charge is 0.350 e. The minimum Gasteiger partial charge on any atom is -0.296 e. The molecule has 14 heavy (non-hydrogen) atoms. The molecule has 1 fully saturated rings. The molecule has 1 rings (SSSR count). The first kappa shape index (κ1) is 11.0. The second kappa shape index (κ2) is 4.44. The standard InChI is InChI=1S/C10H20N3O/c1-9(14)8-13-7-5-6-12(4)10(13)11(2)3/h5-8H2,1-4H3/q+1. The molecular formula is C10H20N3O+. The highest BCUT2D eigenvalue weighted by Crippen LogP contribution is 2.06. The fourth-order valence-corrected chi connectivity index (χ4v) is 1.98. The molecule has 1 aliphatic heterocycles. The number of nitrogens with zero attached hydrogens (tertiary/aromatic N) is 3. The number of guanidine groups is 1. The Morgan fingerprint density at radius 3 is 2.57 bits per heavy atom. The lowest BCUT2D eigenvalue weighted by Crippen LogP contribution is -2.53. The third-order valence-corrected chi connectivity index (χ3v) is 2.36. The summed E-state index contributed by atoms with van der Waals surface area (Å²) in [7, 11) is 6.11. The second-order valence-corrected chi connectivity index (χ2v) is 4.09. The Morgan fingerprint density at radius 2 is 2.07 bits per heavy atom. The third kappa shape index (κ3) is 2.47. The Morgan fingerprint density at radius 1 is 1.43 bits per heavy atom. The van der Waals surface area contributed by atoms with Gasteiger partial charge in [-0.05, 0) is 6.92 Å². The highest BCUT2D eigenvalue weighted by molar-refractivity contribution is 5.84. The zero-order valence-corrected chi connectivity index (χ0v) is 9.58. The van der Waals surface area contributed by atoms with E-state index >= 15 is 0 Å². The smallest absolute Gasteiger partial charge is 0.296 e. The SMILES string of the molecule is CC(=O)CN1CCCN(C)C1=[N+](C)C. The molecule has 0 saturated carbocycles. The molecule has 0 bridgehead atoms. The summed E-state index contributed by atoms with van der Waals surface area (Å²) in [5.41, 5.74) is 0. The van der Waals surface area contributed by atoms with Gasteiger partial charge < -0.3 is 0 Å². The number of carbonyl (C=O) groups excluding carboxylic acids is 1. The molecule has 1 saturated heterocycles. The van der Waals surface area contributed by atoms with Crippen LogP contribution in [-0.4, -0.2) is 66.9 Å². The van der Waals surface area contributed by atoms with Gasteiger partial charge in [-0.1, -0.05) is 0 Å². The van der Waals surface area contributed by atoms with Gasteiger partial charge in [-0.15, -0.1) is 0 Å². The summed E-state index contributed by atoms with van der Waals surface area (Å²) in [6, 6.07) is 0. The van der Waals surface area contributed by atoms with Crippen molar-refractivity contribution in [2.45, 2.75) is 13.3 Å². The van der Waals surface area contributed by atoms with Gasteiger partial charge in [0, 0.05) is 6.42 Å². The third-order valence-electron chi connectivity index (χ3n) is 2.36. The maximum atomic E-state index is 11.1. The van der Waals surface area contributed by atoms with Gasteiger partial charge in [0.05, 0.1) is 34.2 Å². The first-order valence-electron chi connectivity index (χ1n) is 5.02. The van der Waals surface area contributed by atoms with Crippen LogP contribution in [0, 0.1) is 0 Å². The lowest BCUT2D eigenvalue weighted by molar-refractivity contribution is -0.476. The van der Waals surface area contributed by atoms with Crippen LogP contribution in [0.3, 0.4) is 0 Å². The van der Waals surface area contributed by atoms with E-state index in [1.54, 1.807) is 6.92 Å². The van der Waals surface area contributed by atoms with Crippen molar-refractivity contribution < 1.29 is 9.37 Å². The second-order valence-electron chi connectivity index (χ2n) is 4.09. The van der Waals surface area contributed by atoms with Crippen LogP contribution < -0.4 is 0 Å². The summed E-state index contributed by atoms with van der Waals surface area (Å²) in [4.78, 5) is 15.4. The fourth-order valence-electron chi connectivity index (χ4n) is 1.98. The molecule has 0 aromatic heterocycles. The summed E-state index contributed by atoms with van der Waals surface area (Å²) < 4.78 is 2.07. The van der Waals surface area contributed by atoms with E-state index in [4.69, 9.17) is 0 Å². The van der Waals surface area contributed by atoms with Crippen LogP contribution in [0.5, 0.6) is 0 Å². The average Bonchev–Trinajstić information content (AvgIpc) is 2.01. The summed E-state index contributed by atoms with van der Waals surface area (Å²) >= 11 is 0. The Bertz CT molecular complexity index is 256. The van der Waals surface area contributed by atoms with Crippen molar-refractivity contribution in [3.05, 3.63) is 0 Å². The maximum absolute atomic E-state index is 11.1. The molecule has 0 aromatic rings. The van der Waals surface area contributed by atoms with E-state index < -0.39 is 0 Å². The van der Waals surface area contributed by atoms with Crippen LogP contribution in [0.1, 0.15) is 13.3 Å². The quantitative estimate of drug-likeness (QED) is 0.577. The van der Waals surface area contributed by atoms with Crippen LogP contribution >= 0.6 is 0 Å². The maximum Gasteiger partial charge on any atom is 0.350 e. The van der Waals surface area contributed by atoms with Crippen LogP contribution in [0.25, 0.3) is 0 Å². The van der Waals surface area contributed by atoms with Crippen molar-refractivity contribution in [1.29, 1.82) is 0 Å². The van der Waals surface area contributed by atoms with Crippen LogP contribution in [0.2, 0.25) is 0 Å². The highest BCUT2D eigenvalue weighted by atomic mass is 16.1. The minimum absolute atomic E-state index is 0.222. The highest BCUT2D eigenvalue weighted by Gasteiger charge is 2.29.